The first-order chi connectivity index (χ1) is 13.7. The van der Waals surface area contributed by atoms with Gasteiger partial charge in [-0.3, -0.25) is 14.5 Å². The van der Waals surface area contributed by atoms with Crippen molar-refractivity contribution in [1.82, 2.24) is 14.8 Å². The molecule has 6 rings (SSSR count). The molecule has 1 amide bonds. The lowest BCUT2D eigenvalue weighted by molar-refractivity contribution is -0.00358. The Morgan fingerprint density at radius 3 is 2.57 bits per heavy atom. The van der Waals surface area contributed by atoms with E-state index in [2.05, 4.69) is 34.1 Å². The van der Waals surface area contributed by atoms with Gasteiger partial charge in [-0.15, -0.1) is 0 Å². The van der Waals surface area contributed by atoms with Crippen LogP contribution < -0.4 is 10.2 Å². The SMILES string of the molecule is COc1c[nH]c(C(=O)N2C[C@H](c3ccccc3)[C@H]3[C@@H]2C2CCN3CC2)cc1=O. The quantitative estimate of drug-likeness (QED) is 0.887. The number of carbonyl (C=O) groups is 1. The van der Waals surface area contributed by atoms with Crippen molar-refractivity contribution in [1.29, 1.82) is 0 Å². The van der Waals surface area contributed by atoms with E-state index in [1.165, 1.54) is 24.9 Å². The summed E-state index contributed by atoms with van der Waals surface area (Å²) in [5.41, 5.74) is 1.37. The Labute approximate surface area is 164 Å². The number of aromatic amines is 1. The number of pyridine rings is 1. The summed E-state index contributed by atoms with van der Waals surface area (Å²) in [6, 6.07) is 12.5. The van der Waals surface area contributed by atoms with Crippen LogP contribution in [-0.4, -0.2) is 59.5 Å². The molecule has 5 heterocycles. The Hall–Kier alpha value is -2.60. The summed E-state index contributed by atoms with van der Waals surface area (Å²) in [6.45, 7) is 2.94. The van der Waals surface area contributed by atoms with Crippen molar-refractivity contribution in [3.05, 3.63) is 64.1 Å². The largest absolute Gasteiger partial charge is 0.491 e. The van der Waals surface area contributed by atoms with Crippen LogP contribution >= 0.6 is 0 Å². The first-order valence-corrected chi connectivity index (χ1v) is 10.0. The highest BCUT2D eigenvalue weighted by Crippen LogP contribution is 2.46. The van der Waals surface area contributed by atoms with E-state index in [0.717, 1.165) is 25.9 Å². The van der Waals surface area contributed by atoms with Crippen molar-refractivity contribution < 1.29 is 9.53 Å². The molecule has 4 fully saturated rings. The average Bonchev–Trinajstić information content (AvgIpc) is 3.17. The lowest BCUT2D eigenvalue weighted by Gasteiger charge is -2.51. The predicted octanol–water partition coefficient (Wildman–Crippen LogP) is 2.09. The molecule has 6 heteroatoms. The van der Waals surface area contributed by atoms with Gasteiger partial charge >= 0.3 is 0 Å². The van der Waals surface area contributed by atoms with Crippen LogP contribution in [0.2, 0.25) is 0 Å². The van der Waals surface area contributed by atoms with Gasteiger partial charge in [0.25, 0.3) is 5.91 Å². The second kappa shape index (κ2) is 6.78. The second-order valence-electron chi connectivity index (χ2n) is 8.11. The number of ether oxygens (including phenoxy) is 1. The van der Waals surface area contributed by atoms with E-state index in [9.17, 15) is 9.59 Å². The monoisotopic (exact) mass is 379 g/mol. The molecule has 1 N–H and O–H groups in total. The van der Waals surface area contributed by atoms with Gasteiger partial charge in [0.1, 0.15) is 5.69 Å². The van der Waals surface area contributed by atoms with Gasteiger partial charge in [0.05, 0.1) is 13.2 Å². The molecule has 2 bridgehead atoms. The van der Waals surface area contributed by atoms with E-state index in [0.29, 0.717) is 30.1 Å². The van der Waals surface area contributed by atoms with E-state index in [1.807, 2.05) is 11.0 Å². The maximum absolute atomic E-state index is 13.4. The van der Waals surface area contributed by atoms with Crippen molar-refractivity contribution in [2.75, 3.05) is 26.7 Å². The molecule has 1 aromatic carbocycles. The molecule has 4 aliphatic rings. The molecular weight excluding hydrogens is 354 g/mol. The van der Waals surface area contributed by atoms with Gasteiger partial charge in [0.2, 0.25) is 5.43 Å². The van der Waals surface area contributed by atoms with Crippen LogP contribution in [0.1, 0.15) is 34.8 Å². The van der Waals surface area contributed by atoms with Crippen LogP contribution in [0.15, 0.2) is 47.4 Å². The Balaban J connectivity index is 1.51. The minimum atomic E-state index is -0.270. The Bertz CT molecular complexity index is 934. The number of benzene rings is 1. The van der Waals surface area contributed by atoms with Crippen LogP contribution in [0, 0.1) is 5.92 Å². The molecule has 0 unspecified atom stereocenters. The first kappa shape index (κ1) is 17.5. The molecule has 0 aliphatic carbocycles. The number of amides is 1. The minimum Gasteiger partial charge on any atom is -0.491 e. The Kier molecular flexibility index (Phi) is 4.23. The van der Waals surface area contributed by atoms with Gasteiger partial charge in [-0.2, -0.15) is 0 Å². The molecule has 2 aromatic rings. The van der Waals surface area contributed by atoms with Gasteiger partial charge in [-0.25, -0.2) is 0 Å². The lowest BCUT2D eigenvalue weighted by atomic mass is 9.75. The van der Waals surface area contributed by atoms with Crippen molar-refractivity contribution in [2.24, 2.45) is 5.92 Å². The first-order valence-electron chi connectivity index (χ1n) is 10.0. The number of hydrogen-bond donors (Lipinski definition) is 1. The highest BCUT2D eigenvalue weighted by Gasteiger charge is 2.54. The number of methoxy groups -OCH3 is 1. The van der Waals surface area contributed by atoms with E-state index in [-0.39, 0.29) is 23.1 Å². The van der Waals surface area contributed by atoms with E-state index in [1.54, 1.807) is 0 Å². The van der Waals surface area contributed by atoms with Crippen LogP contribution in [0.4, 0.5) is 0 Å². The number of fused-ring (bicyclic) bond motifs is 2. The molecule has 146 valence electrons. The minimum absolute atomic E-state index is 0.0815. The highest BCUT2D eigenvalue weighted by atomic mass is 16.5. The summed E-state index contributed by atoms with van der Waals surface area (Å²) in [6.07, 6.45) is 3.77. The zero-order valence-electron chi connectivity index (χ0n) is 16.0. The molecule has 3 atom stereocenters. The Morgan fingerprint density at radius 1 is 1.14 bits per heavy atom. The molecule has 6 nitrogen and oxygen atoms in total. The van der Waals surface area contributed by atoms with Gasteiger partial charge in [0.15, 0.2) is 5.75 Å². The molecule has 4 saturated heterocycles. The second-order valence-corrected chi connectivity index (χ2v) is 8.11. The molecular formula is C22H25N3O3. The fourth-order valence-corrected chi connectivity index (χ4v) is 5.54. The number of hydrogen-bond acceptors (Lipinski definition) is 4. The normalized spacial score (nSPS) is 30.9. The fourth-order valence-electron chi connectivity index (χ4n) is 5.54. The number of piperidine rings is 3. The van der Waals surface area contributed by atoms with Crippen molar-refractivity contribution in [3.63, 3.8) is 0 Å². The van der Waals surface area contributed by atoms with Gasteiger partial charge in [0, 0.05) is 30.8 Å². The number of carbonyl (C=O) groups excluding carboxylic acids is 1. The number of nitrogens with one attached hydrogen (secondary N) is 1. The topological polar surface area (TPSA) is 65.6 Å². The maximum Gasteiger partial charge on any atom is 0.270 e. The highest BCUT2D eigenvalue weighted by molar-refractivity contribution is 5.93. The van der Waals surface area contributed by atoms with E-state index in [4.69, 9.17) is 4.74 Å². The molecule has 28 heavy (non-hydrogen) atoms. The van der Waals surface area contributed by atoms with Crippen LogP contribution in [0.25, 0.3) is 0 Å². The Morgan fingerprint density at radius 2 is 1.89 bits per heavy atom. The molecule has 4 aliphatic heterocycles. The summed E-state index contributed by atoms with van der Waals surface area (Å²) in [7, 11) is 1.45. The third-order valence-corrected chi connectivity index (χ3v) is 6.81. The smallest absolute Gasteiger partial charge is 0.270 e. The van der Waals surface area contributed by atoms with Crippen LogP contribution in [-0.2, 0) is 0 Å². The number of likely N-dealkylation sites (tertiary alicyclic amines) is 1. The van der Waals surface area contributed by atoms with Gasteiger partial charge < -0.3 is 14.6 Å². The molecule has 0 radical (unpaired) electrons. The maximum atomic E-state index is 13.4. The standard InChI is InChI=1S/C22H25N3O3/c1-28-19-12-23-17(11-18(19)26)22(27)25-13-16(14-5-3-2-4-6-14)21-20(25)15-7-9-24(21)10-8-15/h2-6,11-12,15-16,20-21H,7-10,13H2,1H3,(H,23,26)/t16-,20+,21+/m1/s1. The fraction of sp³-hybridized carbons (Fsp3) is 0.455. The van der Waals surface area contributed by atoms with Crippen LogP contribution in [0.5, 0.6) is 5.75 Å². The zero-order chi connectivity index (χ0) is 19.3. The predicted molar refractivity (Wildman–Crippen MR) is 106 cm³/mol. The molecule has 1 aromatic heterocycles. The average molecular weight is 379 g/mol. The van der Waals surface area contributed by atoms with Gasteiger partial charge in [-0.1, -0.05) is 30.3 Å². The summed E-state index contributed by atoms with van der Waals surface area (Å²) in [5.74, 6) is 0.989. The molecule has 0 spiro atoms. The number of H-pyrrole nitrogens is 1. The van der Waals surface area contributed by atoms with E-state index < -0.39 is 0 Å². The van der Waals surface area contributed by atoms with Crippen LogP contribution in [0.3, 0.4) is 0 Å². The van der Waals surface area contributed by atoms with E-state index >= 15 is 0 Å². The van der Waals surface area contributed by atoms with Crippen molar-refractivity contribution in [2.45, 2.75) is 30.8 Å². The third kappa shape index (κ3) is 2.66. The van der Waals surface area contributed by atoms with Gasteiger partial charge in [-0.05, 0) is 37.4 Å². The third-order valence-electron chi connectivity index (χ3n) is 6.81. The lowest BCUT2D eigenvalue weighted by Crippen LogP contribution is -2.60. The molecule has 0 saturated carbocycles. The number of aromatic nitrogens is 1. The summed E-state index contributed by atoms with van der Waals surface area (Å²) < 4.78 is 5.03. The summed E-state index contributed by atoms with van der Waals surface area (Å²) in [5, 5.41) is 0. The number of nitrogens with zero attached hydrogens (tertiary/aromatic N) is 2. The summed E-state index contributed by atoms with van der Waals surface area (Å²) >= 11 is 0. The zero-order valence-corrected chi connectivity index (χ0v) is 16.0. The number of rotatable bonds is 3. The summed E-state index contributed by atoms with van der Waals surface area (Å²) in [4.78, 5) is 33.1. The van der Waals surface area contributed by atoms with Crippen molar-refractivity contribution in [3.8, 4) is 5.75 Å². The van der Waals surface area contributed by atoms with Crippen molar-refractivity contribution >= 4 is 5.91 Å².